The van der Waals surface area contributed by atoms with Gasteiger partial charge >= 0.3 is 0 Å². The molecule has 2 rings (SSSR count). The van der Waals surface area contributed by atoms with E-state index in [1.54, 1.807) is 0 Å². The van der Waals surface area contributed by atoms with Crippen molar-refractivity contribution < 1.29 is 8.81 Å². The van der Waals surface area contributed by atoms with Gasteiger partial charge in [0.15, 0.2) is 4.67 Å². The zero-order chi connectivity index (χ0) is 15.6. The topological polar surface area (TPSA) is 25.2 Å². The van der Waals surface area contributed by atoms with Crippen LogP contribution in [0.15, 0.2) is 45.5 Å². The molecule has 0 aliphatic carbocycles. The fourth-order valence-corrected chi connectivity index (χ4v) is 2.71. The van der Waals surface area contributed by atoms with Crippen molar-refractivity contribution in [3.63, 3.8) is 0 Å². The quantitative estimate of drug-likeness (QED) is 0.771. The Bertz CT molecular complexity index is 586. The summed E-state index contributed by atoms with van der Waals surface area (Å²) in [5.74, 6) is 0.660. The van der Waals surface area contributed by atoms with E-state index in [0.29, 0.717) is 0 Å². The molecule has 2 atom stereocenters. The first-order chi connectivity index (χ1) is 9.77. The van der Waals surface area contributed by atoms with Gasteiger partial charge in [0.2, 0.25) is 0 Å². The molecular formula is C17H21BrFNO. The first-order valence-corrected chi connectivity index (χ1v) is 7.83. The van der Waals surface area contributed by atoms with Gasteiger partial charge < -0.3 is 9.73 Å². The minimum Gasteiger partial charge on any atom is -0.453 e. The van der Waals surface area contributed by atoms with Crippen LogP contribution in [0.1, 0.15) is 51.1 Å². The zero-order valence-corrected chi connectivity index (χ0v) is 14.4. The van der Waals surface area contributed by atoms with Crippen molar-refractivity contribution in [1.29, 1.82) is 0 Å². The summed E-state index contributed by atoms with van der Waals surface area (Å²) in [5.41, 5.74) is 1.07. The van der Waals surface area contributed by atoms with E-state index >= 15 is 0 Å². The number of rotatable bonds is 4. The van der Waals surface area contributed by atoms with Gasteiger partial charge in [-0.1, -0.05) is 32.9 Å². The molecule has 0 radical (unpaired) electrons. The Hall–Kier alpha value is -1.13. The molecule has 1 N–H and O–H groups in total. The molecule has 0 aliphatic rings. The molecule has 0 saturated carbocycles. The molecule has 0 saturated heterocycles. The molecule has 1 aromatic carbocycles. The number of hydrogen-bond donors (Lipinski definition) is 1. The monoisotopic (exact) mass is 353 g/mol. The van der Waals surface area contributed by atoms with Crippen LogP contribution in [0.25, 0.3) is 0 Å². The van der Waals surface area contributed by atoms with Crippen molar-refractivity contribution in [2.45, 2.75) is 39.8 Å². The highest BCUT2D eigenvalue weighted by atomic mass is 79.9. The number of benzene rings is 1. The Morgan fingerprint density at radius 1 is 1.10 bits per heavy atom. The van der Waals surface area contributed by atoms with Gasteiger partial charge in [-0.3, -0.25) is 0 Å². The first kappa shape index (κ1) is 16.2. The second-order valence-corrected chi connectivity index (χ2v) is 7.16. The third-order valence-corrected chi connectivity index (χ3v) is 3.93. The van der Waals surface area contributed by atoms with Gasteiger partial charge in [0.1, 0.15) is 11.6 Å². The van der Waals surface area contributed by atoms with Gasteiger partial charge in [-0.15, -0.1) is 0 Å². The summed E-state index contributed by atoms with van der Waals surface area (Å²) < 4.78 is 19.5. The summed E-state index contributed by atoms with van der Waals surface area (Å²) >= 11 is 3.32. The molecule has 4 heteroatoms. The van der Waals surface area contributed by atoms with Crippen LogP contribution in [0.2, 0.25) is 0 Å². The minimum atomic E-state index is -0.213. The van der Waals surface area contributed by atoms with Crippen molar-refractivity contribution in [3.8, 4) is 0 Å². The van der Waals surface area contributed by atoms with Crippen molar-refractivity contribution in [3.05, 3.63) is 58.2 Å². The van der Waals surface area contributed by atoms with E-state index in [1.165, 1.54) is 12.1 Å². The Morgan fingerprint density at radius 2 is 1.71 bits per heavy atom. The van der Waals surface area contributed by atoms with Crippen LogP contribution in [-0.2, 0) is 0 Å². The normalized spacial score (nSPS) is 15.0. The van der Waals surface area contributed by atoms with Gasteiger partial charge in [0.05, 0.1) is 6.04 Å². The molecule has 0 fully saturated rings. The molecular weight excluding hydrogens is 333 g/mol. The maximum absolute atomic E-state index is 13.1. The predicted molar refractivity (Wildman–Crippen MR) is 86.6 cm³/mol. The first-order valence-electron chi connectivity index (χ1n) is 7.04. The number of nitrogens with one attached hydrogen (secondary N) is 1. The average molecular weight is 354 g/mol. The van der Waals surface area contributed by atoms with E-state index in [4.69, 9.17) is 4.42 Å². The zero-order valence-electron chi connectivity index (χ0n) is 12.8. The molecule has 21 heavy (non-hydrogen) atoms. The summed E-state index contributed by atoms with van der Waals surface area (Å²) in [6.45, 7) is 8.56. The molecule has 0 aliphatic heterocycles. The molecule has 0 amide bonds. The Labute approximate surface area is 133 Å². The summed E-state index contributed by atoms with van der Waals surface area (Å²) in [5, 5.41) is 3.59. The van der Waals surface area contributed by atoms with Crippen LogP contribution in [0.3, 0.4) is 0 Å². The van der Waals surface area contributed by atoms with E-state index in [9.17, 15) is 4.39 Å². The SMILES string of the molecule is CC(NC(c1ccc(F)cc1)C(C)(C)C)c1ccc(Br)o1. The molecule has 0 spiro atoms. The fraction of sp³-hybridized carbons (Fsp3) is 0.412. The second-order valence-electron chi connectivity index (χ2n) is 6.38. The standard InChI is InChI=1S/C17H21BrFNO/c1-11(14-9-10-15(18)21-14)20-16(17(2,3)4)12-5-7-13(19)8-6-12/h5-11,16,20H,1-4H3. The van der Waals surface area contributed by atoms with Gasteiger partial charge in [-0.2, -0.15) is 0 Å². The van der Waals surface area contributed by atoms with E-state index in [1.807, 2.05) is 24.3 Å². The van der Waals surface area contributed by atoms with Crippen molar-refractivity contribution in [2.24, 2.45) is 5.41 Å². The fourth-order valence-electron chi connectivity index (χ4n) is 2.39. The lowest BCUT2D eigenvalue weighted by atomic mass is 9.82. The third kappa shape index (κ3) is 4.17. The molecule has 1 aromatic heterocycles. The highest BCUT2D eigenvalue weighted by Gasteiger charge is 2.28. The summed E-state index contributed by atoms with van der Waals surface area (Å²) in [4.78, 5) is 0. The van der Waals surface area contributed by atoms with Gasteiger partial charge in [-0.05, 0) is 58.1 Å². The van der Waals surface area contributed by atoms with Gasteiger partial charge in [0.25, 0.3) is 0 Å². The maximum atomic E-state index is 13.1. The lowest BCUT2D eigenvalue weighted by Gasteiger charge is -2.34. The highest BCUT2D eigenvalue weighted by molar-refractivity contribution is 9.10. The van der Waals surface area contributed by atoms with E-state index in [-0.39, 0.29) is 23.3 Å². The number of hydrogen-bond acceptors (Lipinski definition) is 2. The summed E-state index contributed by atoms with van der Waals surface area (Å²) in [7, 11) is 0. The van der Waals surface area contributed by atoms with Gasteiger partial charge in [-0.25, -0.2) is 4.39 Å². The molecule has 2 aromatic rings. The van der Waals surface area contributed by atoms with Crippen molar-refractivity contribution >= 4 is 15.9 Å². The maximum Gasteiger partial charge on any atom is 0.169 e. The summed E-state index contributed by atoms with van der Waals surface area (Å²) in [6.07, 6.45) is 0. The predicted octanol–water partition coefficient (Wildman–Crippen LogP) is 5.62. The van der Waals surface area contributed by atoms with Crippen LogP contribution < -0.4 is 5.32 Å². The Balaban J connectivity index is 2.23. The molecule has 0 bridgehead atoms. The molecule has 1 heterocycles. The number of furan rings is 1. The number of halogens is 2. The Kier molecular flexibility index (Phi) is 4.89. The van der Waals surface area contributed by atoms with Crippen LogP contribution in [0.4, 0.5) is 4.39 Å². The van der Waals surface area contributed by atoms with Crippen molar-refractivity contribution in [1.82, 2.24) is 5.32 Å². The average Bonchev–Trinajstić information content (AvgIpc) is 2.82. The second kappa shape index (κ2) is 6.32. The van der Waals surface area contributed by atoms with Gasteiger partial charge in [0, 0.05) is 6.04 Å². The van der Waals surface area contributed by atoms with E-state index in [0.717, 1.165) is 16.0 Å². The molecule has 2 unspecified atom stereocenters. The largest absolute Gasteiger partial charge is 0.453 e. The Morgan fingerprint density at radius 3 is 2.19 bits per heavy atom. The van der Waals surface area contributed by atoms with Crippen LogP contribution in [-0.4, -0.2) is 0 Å². The van der Waals surface area contributed by atoms with E-state index in [2.05, 4.69) is 48.9 Å². The molecule has 114 valence electrons. The lowest BCUT2D eigenvalue weighted by molar-refractivity contribution is 0.243. The van der Waals surface area contributed by atoms with Crippen LogP contribution in [0, 0.1) is 11.2 Å². The smallest absolute Gasteiger partial charge is 0.169 e. The third-order valence-electron chi connectivity index (χ3n) is 3.51. The summed E-state index contributed by atoms with van der Waals surface area (Å²) in [6, 6.07) is 10.7. The van der Waals surface area contributed by atoms with Crippen LogP contribution >= 0.6 is 15.9 Å². The van der Waals surface area contributed by atoms with E-state index < -0.39 is 0 Å². The highest BCUT2D eigenvalue weighted by Crippen LogP contribution is 2.35. The lowest BCUT2D eigenvalue weighted by Crippen LogP contribution is -2.34. The minimum absolute atomic E-state index is 0.00405. The van der Waals surface area contributed by atoms with Crippen LogP contribution in [0.5, 0.6) is 0 Å². The molecule has 2 nitrogen and oxygen atoms in total. The van der Waals surface area contributed by atoms with Crippen molar-refractivity contribution in [2.75, 3.05) is 0 Å².